The van der Waals surface area contributed by atoms with Gasteiger partial charge in [-0.25, -0.2) is 5.43 Å². The number of hydrazone groups is 1. The van der Waals surface area contributed by atoms with Crippen LogP contribution >= 0.6 is 35.1 Å². The molecule has 3 aromatic carbocycles. The standard InChI is InChI=1S/C27H24ClN3O4S2/c1-33-24-13-18(12-23(28)26(24)35-16-21-5-3-2-4-20(21)14-29)15-30-31-25(32)17-34-22-8-6-19(7-9-22)27-36-10-11-37-27/h2-9,12-13,15,27H,10-11,16-17H2,1H3,(H,31,32)/b30-15-. The second-order valence-electron chi connectivity index (χ2n) is 7.82. The Morgan fingerprint density at radius 3 is 2.65 bits per heavy atom. The van der Waals surface area contributed by atoms with Gasteiger partial charge in [0.05, 0.1) is 34.6 Å². The van der Waals surface area contributed by atoms with Gasteiger partial charge in [0.15, 0.2) is 18.1 Å². The lowest BCUT2D eigenvalue weighted by Crippen LogP contribution is -2.24. The average Bonchev–Trinajstić information content (AvgIpc) is 3.46. The Labute approximate surface area is 229 Å². The van der Waals surface area contributed by atoms with Crippen molar-refractivity contribution < 1.29 is 19.0 Å². The number of rotatable bonds is 10. The van der Waals surface area contributed by atoms with Gasteiger partial charge in [0.25, 0.3) is 5.91 Å². The van der Waals surface area contributed by atoms with Gasteiger partial charge in [-0.2, -0.15) is 10.4 Å². The van der Waals surface area contributed by atoms with Gasteiger partial charge in [0, 0.05) is 17.1 Å². The lowest BCUT2D eigenvalue weighted by Gasteiger charge is -2.14. The number of nitriles is 1. The van der Waals surface area contributed by atoms with E-state index >= 15 is 0 Å². The number of methoxy groups -OCH3 is 1. The molecule has 0 bridgehead atoms. The molecule has 1 aliphatic heterocycles. The zero-order chi connectivity index (χ0) is 26.0. The molecule has 37 heavy (non-hydrogen) atoms. The van der Waals surface area contributed by atoms with Crippen LogP contribution in [0.15, 0.2) is 65.8 Å². The lowest BCUT2D eigenvalue weighted by atomic mass is 10.1. The Hall–Kier alpha value is -3.32. The van der Waals surface area contributed by atoms with Crippen LogP contribution in [0.4, 0.5) is 0 Å². The van der Waals surface area contributed by atoms with Gasteiger partial charge in [-0.15, -0.1) is 23.5 Å². The molecule has 0 aliphatic carbocycles. The highest BCUT2D eigenvalue weighted by Gasteiger charge is 2.18. The van der Waals surface area contributed by atoms with Gasteiger partial charge < -0.3 is 14.2 Å². The molecule has 0 atom stereocenters. The molecule has 1 heterocycles. The normalized spacial score (nSPS) is 13.3. The van der Waals surface area contributed by atoms with Crippen molar-refractivity contribution in [1.82, 2.24) is 5.43 Å². The Morgan fingerprint density at radius 1 is 1.16 bits per heavy atom. The third-order valence-corrected chi connectivity index (χ3v) is 8.69. The van der Waals surface area contributed by atoms with Crippen molar-refractivity contribution in [2.75, 3.05) is 25.2 Å². The van der Waals surface area contributed by atoms with E-state index in [1.54, 1.807) is 24.3 Å². The summed E-state index contributed by atoms with van der Waals surface area (Å²) in [5.41, 5.74) is 5.57. The van der Waals surface area contributed by atoms with E-state index in [0.717, 1.165) is 5.56 Å². The highest BCUT2D eigenvalue weighted by atomic mass is 35.5. The topological polar surface area (TPSA) is 92.9 Å². The van der Waals surface area contributed by atoms with Crippen LogP contribution in [-0.2, 0) is 11.4 Å². The number of benzene rings is 3. The van der Waals surface area contributed by atoms with Crippen molar-refractivity contribution in [3.05, 3.63) is 87.9 Å². The molecule has 0 aromatic heterocycles. The Balaban J connectivity index is 1.30. The Bertz CT molecular complexity index is 1310. The molecule has 190 valence electrons. The number of carbonyl (C=O) groups is 1. The minimum absolute atomic E-state index is 0.157. The molecule has 0 spiro atoms. The molecule has 10 heteroatoms. The van der Waals surface area contributed by atoms with Gasteiger partial charge in [0.1, 0.15) is 12.4 Å². The quantitative estimate of drug-likeness (QED) is 0.250. The number of carbonyl (C=O) groups excluding carboxylic acids is 1. The predicted octanol–water partition coefficient (Wildman–Crippen LogP) is 5.81. The zero-order valence-corrected chi connectivity index (χ0v) is 22.4. The number of thioether (sulfide) groups is 2. The molecule has 0 saturated carbocycles. The van der Waals surface area contributed by atoms with Crippen LogP contribution in [0.5, 0.6) is 17.2 Å². The number of amides is 1. The van der Waals surface area contributed by atoms with Crippen LogP contribution in [0.1, 0.15) is 26.8 Å². The van der Waals surface area contributed by atoms with Crippen molar-refractivity contribution in [3.8, 4) is 23.3 Å². The molecular formula is C27H24ClN3O4S2. The number of halogens is 1. The molecule has 0 radical (unpaired) electrons. The molecule has 1 fully saturated rings. The predicted molar refractivity (Wildman–Crippen MR) is 149 cm³/mol. The van der Waals surface area contributed by atoms with Crippen LogP contribution < -0.4 is 19.6 Å². The van der Waals surface area contributed by atoms with Crippen molar-refractivity contribution >= 4 is 47.2 Å². The van der Waals surface area contributed by atoms with Gasteiger partial charge in [-0.1, -0.05) is 41.9 Å². The van der Waals surface area contributed by atoms with E-state index < -0.39 is 5.91 Å². The van der Waals surface area contributed by atoms with Crippen molar-refractivity contribution in [1.29, 1.82) is 5.26 Å². The van der Waals surface area contributed by atoms with Gasteiger partial charge >= 0.3 is 0 Å². The van der Waals surface area contributed by atoms with Crippen molar-refractivity contribution in [3.63, 3.8) is 0 Å². The fraction of sp³-hybridized carbons (Fsp3) is 0.222. The highest BCUT2D eigenvalue weighted by molar-refractivity contribution is 8.19. The lowest BCUT2D eigenvalue weighted by molar-refractivity contribution is -0.123. The minimum atomic E-state index is -0.392. The summed E-state index contributed by atoms with van der Waals surface area (Å²) in [6.07, 6.45) is 1.45. The third kappa shape index (κ3) is 7.35. The summed E-state index contributed by atoms with van der Waals surface area (Å²) in [7, 11) is 1.50. The van der Waals surface area contributed by atoms with E-state index in [1.807, 2.05) is 59.9 Å². The van der Waals surface area contributed by atoms with E-state index in [4.69, 9.17) is 25.8 Å². The molecule has 3 aromatic rings. The summed E-state index contributed by atoms with van der Waals surface area (Å²) in [6, 6.07) is 20.5. The summed E-state index contributed by atoms with van der Waals surface area (Å²) in [4.78, 5) is 12.1. The van der Waals surface area contributed by atoms with Gasteiger partial charge in [0.2, 0.25) is 0 Å². The van der Waals surface area contributed by atoms with Gasteiger partial charge in [-0.3, -0.25) is 4.79 Å². The summed E-state index contributed by atoms with van der Waals surface area (Å²) >= 11 is 10.3. The fourth-order valence-electron chi connectivity index (χ4n) is 3.49. The first-order chi connectivity index (χ1) is 18.1. The first kappa shape index (κ1) is 26.7. The number of hydrogen-bond acceptors (Lipinski definition) is 8. The minimum Gasteiger partial charge on any atom is -0.493 e. The Morgan fingerprint density at radius 2 is 1.92 bits per heavy atom. The summed E-state index contributed by atoms with van der Waals surface area (Å²) < 4.78 is 17.3. The molecule has 1 amide bonds. The Kier molecular flexibility index (Phi) is 9.60. The first-order valence-electron chi connectivity index (χ1n) is 11.3. The largest absolute Gasteiger partial charge is 0.493 e. The molecule has 7 nitrogen and oxygen atoms in total. The zero-order valence-electron chi connectivity index (χ0n) is 20.0. The maximum Gasteiger partial charge on any atom is 0.277 e. The number of nitrogens with zero attached hydrogens (tertiary/aromatic N) is 2. The molecule has 1 aliphatic rings. The summed E-state index contributed by atoms with van der Waals surface area (Å²) in [6.45, 7) is -0.00478. The molecular weight excluding hydrogens is 530 g/mol. The third-order valence-electron chi connectivity index (χ3n) is 5.31. The maximum absolute atomic E-state index is 12.1. The van der Waals surface area contributed by atoms with E-state index in [9.17, 15) is 10.1 Å². The monoisotopic (exact) mass is 553 g/mol. The van der Waals surface area contributed by atoms with Crippen molar-refractivity contribution in [2.24, 2.45) is 5.10 Å². The average molecular weight is 554 g/mol. The number of ether oxygens (including phenoxy) is 3. The highest BCUT2D eigenvalue weighted by Crippen LogP contribution is 2.45. The first-order valence-corrected chi connectivity index (χ1v) is 13.8. The van der Waals surface area contributed by atoms with E-state index in [2.05, 4.69) is 16.6 Å². The van der Waals surface area contributed by atoms with Gasteiger partial charge in [-0.05, 0) is 41.5 Å². The van der Waals surface area contributed by atoms with Crippen LogP contribution in [0, 0.1) is 11.3 Å². The SMILES string of the molecule is COc1cc(/C=N\NC(=O)COc2ccc(C3SCCS3)cc2)cc(Cl)c1OCc1ccccc1C#N. The second-order valence-corrected chi connectivity index (χ2v) is 10.9. The van der Waals surface area contributed by atoms with Crippen molar-refractivity contribution in [2.45, 2.75) is 11.2 Å². The van der Waals surface area contributed by atoms with Crippen LogP contribution in [-0.4, -0.2) is 37.3 Å². The van der Waals surface area contributed by atoms with Crippen LogP contribution in [0.3, 0.4) is 0 Å². The molecule has 1 N–H and O–H groups in total. The number of nitrogens with one attached hydrogen (secondary N) is 1. The van der Waals surface area contributed by atoms with E-state index in [0.29, 0.717) is 38.0 Å². The van der Waals surface area contributed by atoms with Crippen LogP contribution in [0.2, 0.25) is 5.02 Å². The summed E-state index contributed by atoms with van der Waals surface area (Å²) in [5, 5.41) is 13.5. The van der Waals surface area contributed by atoms with Crippen LogP contribution in [0.25, 0.3) is 0 Å². The molecule has 0 unspecified atom stereocenters. The maximum atomic E-state index is 12.1. The second kappa shape index (κ2) is 13.3. The molecule has 4 rings (SSSR count). The smallest absolute Gasteiger partial charge is 0.277 e. The number of hydrogen-bond donors (Lipinski definition) is 1. The fourth-order valence-corrected chi connectivity index (χ4v) is 6.62. The van der Waals surface area contributed by atoms with E-state index in [-0.39, 0.29) is 13.2 Å². The molecule has 1 saturated heterocycles. The summed E-state index contributed by atoms with van der Waals surface area (Å²) in [5.74, 6) is 3.32. The van der Waals surface area contributed by atoms with E-state index in [1.165, 1.54) is 30.4 Å².